The van der Waals surface area contributed by atoms with Gasteiger partial charge >= 0.3 is 0 Å². The van der Waals surface area contributed by atoms with Crippen molar-refractivity contribution in [2.75, 3.05) is 0 Å². The van der Waals surface area contributed by atoms with Crippen molar-refractivity contribution in [3.8, 4) is 11.4 Å². The van der Waals surface area contributed by atoms with E-state index < -0.39 is 0 Å². The monoisotopic (exact) mass is 432 g/mol. The Labute approximate surface area is 164 Å². The number of benzene rings is 2. The molecule has 7 heteroatoms. The van der Waals surface area contributed by atoms with Crippen LogP contribution in [0.15, 0.2) is 52.0 Å². The van der Waals surface area contributed by atoms with Gasteiger partial charge in [-0.15, -0.1) is 0 Å². The molecule has 0 spiro atoms. The molecule has 0 bridgehead atoms. The molecule has 26 heavy (non-hydrogen) atoms. The molecule has 3 aromatic rings. The Balaban J connectivity index is 1.98. The summed E-state index contributed by atoms with van der Waals surface area (Å²) in [7, 11) is 0. The predicted molar refractivity (Wildman–Crippen MR) is 109 cm³/mol. The quantitative estimate of drug-likeness (QED) is 0.426. The third-order valence-electron chi connectivity index (χ3n) is 3.93. The Morgan fingerprint density at radius 1 is 1.19 bits per heavy atom. The van der Waals surface area contributed by atoms with Crippen molar-refractivity contribution in [2.24, 2.45) is 5.10 Å². The summed E-state index contributed by atoms with van der Waals surface area (Å²) in [6, 6.07) is 12.8. The molecule has 2 aromatic carbocycles. The van der Waals surface area contributed by atoms with Gasteiger partial charge in [-0.3, -0.25) is 0 Å². The van der Waals surface area contributed by atoms with Crippen LogP contribution in [0.5, 0.6) is 0 Å². The number of aromatic nitrogens is 3. The minimum absolute atomic E-state index is 0.0691. The van der Waals surface area contributed by atoms with Crippen LogP contribution in [-0.4, -0.2) is 21.1 Å². The van der Waals surface area contributed by atoms with Gasteiger partial charge in [-0.2, -0.15) is 14.9 Å². The van der Waals surface area contributed by atoms with E-state index in [4.69, 9.17) is 12.2 Å². The molecule has 0 fully saturated rings. The first kappa shape index (κ1) is 18.7. The lowest BCUT2D eigenvalue weighted by Crippen LogP contribution is -2.10. The fourth-order valence-electron chi connectivity index (χ4n) is 2.44. The summed E-state index contributed by atoms with van der Waals surface area (Å²) in [4.78, 5) is 0. The second kappa shape index (κ2) is 7.25. The maximum atomic E-state index is 13.9. The van der Waals surface area contributed by atoms with Crippen molar-refractivity contribution in [3.05, 3.63) is 68.7 Å². The van der Waals surface area contributed by atoms with Crippen LogP contribution >= 0.6 is 28.1 Å². The second-order valence-corrected chi connectivity index (χ2v) is 8.20. The Kier molecular flexibility index (Phi) is 5.20. The van der Waals surface area contributed by atoms with Gasteiger partial charge in [0.15, 0.2) is 5.82 Å². The van der Waals surface area contributed by atoms with Crippen LogP contribution in [-0.2, 0) is 5.41 Å². The maximum Gasteiger partial charge on any atom is 0.216 e. The van der Waals surface area contributed by atoms with Gasteiger partial charge in [-0.05, 0) is 41.4 Å². The molecule has 4 nitrogen and oxygen atoms in total. The summed E-state index contributed by atoms with van der Waals surface area (Å²) in [5.74, 6) is 0.213. The van der Waals surface area contributed by atoms with E-state index in [1.807, 2.05) is 12.1 Å². The summed E-state index contributed by atoms with van der Waals surface area (Å²) in [6.45, 7) is 6.48. The standard InChI is InChI=1S/C19H18BrFN4S/c1-19(2,3)14-6-4-12(5-7-14)17-23-24-18(26)25(17)22-11-13-10-15(20)8-9-16(13)21/h4-11H,1-3H3,(H,24,26)/b22-11+. The fourth-order valence-corrected chi connectivity index (χ4v) is 3.00. The zero-order chi connectivity index (χ0) is 18.9. The molecule has 134 valence electrons. The van der Waals surface area contributed by atoms with Gasteiger partial charge in [0.25, 0.3) is 0 Å². The lowest BCUT2D eigenvalue weighted by molar-refractivity contribution is 0.590. The molecule has 0 saturated heterocycles. The minimum atomic E-state index is -0.358. The molecule has 1 heterocycles. The number of rotatable bonds is 3. The number of nitrogens with zero attached hydrogens (tertiary/aromatic N) is 3. The Bertz CT molecular complexity index is 1010. The average molecular weight is 433 g/mol. The van der Waals surface area contributed by atoms with E-state index in [9.17, 15) is 4.39 Å². The number of halogens is 2. The average Bonchev–Trinajstić information content (AvgIpc) is 2.96. The molecule has 1 aromatic heterocycles. The van der Waals surface area contributed by atoms with Gasteiger partial charge in [-0.25, -0.2) is 9.49 Å². The molecule has 0 aliphatic carbocycles. The third-order valence-corrected chi connectivity index (χ3v) is 4.69. The predicted octanol–water partition coefficient (Wildman–Crippen LogP) is 5.69. The van der Waals surface area contributed by atoms with Crippen LogP contribution in [0.4, 0.5) is 4.39 Å². The van der Waals surface area contributed by atoms with Crippen molar-refractivity contribution in [2.45, 2.75) is 26.2 Å². The zero-order valence-corrected chi connectivity index (χ0v) is 17.0. The first-order valence-electron chi connectivity index (χ1n) is 8.03. The van der Waals surface area contributed by atoms with Crippen LogP contribution in [0.2, 0.25) is 0 Å². The minimum Gasteiger partial charge on any atom is -0.250 e. The van der Waals surface area contributed by atoms with E-state index in [2.05, 4.69) is 64.1 Å². The first-order chi connectivity index (χ1) is 12.3. The molecule has 0 aliphatic heterocycles. The Morgan fingerprint density at radius 3 is 2.54 bits per heavy atom. The molecular weight excluding hydrogens is 415 g/mol. The van der Waals surface area contributed by atoms with E-state index in [0.29, 0.717) is 16.2 Å². The summed E-state index contributed by atoms with van der Waals surface area (Å²) in [5, 5.41) is 11.3. The Morgan fingerprint density at radius 2 is 1.88 bits per heavy atom. The summed E-state index contributed by atoms with van der Waals surface area (Å²) >= 11 is 8.59. The highest BCUT2D eigenvalue weighted by Gasteiger charge is 2.14. The van der Waals surface area contributed by atoms with Gasteiger partial charge in [-0.1, -0.05) is 61.0 Å². The lowest BCUT2D eigenvalue weighted by atomic mass is 9.87. The highest BCUT2D eigenvalue weighted by molar-refractivity contribution is 9.10. The van der Waals surface area contributed by atoms with E-state index >= 15 is 0 Å². The lowest BCUT2D eigenvalue weighted by Gasteiger charge is -2.18. The molecule has 0 atom stereocenters. The first-order valence-corrected chi connectivity index (χ1v) is 9.23. The van der Waals surface area contributed by atoms with Crippen LogP contribution < -0.4 is 0 Å². The molecule has 0 amide bonds. The Hall–Kier alpha value is -2.12. The van der Waals surface area contributed by atoms with Crippen molar-refractivity contribution in [1.29, 1.82) is 0 Å². The van der Waals surface area contributed by atoms with Crippen molar-refractivity contribution >= 4 is 34.4 Å². The highest BCUT2D eigenvalue weighted by atomic mass is 79.9. The zero-order valence-electron chi connectivity index (χ0n) is 14.6. The molecule has 0 radical (unpaired) electrons. The normalized spacial score (nSPS) is 12.0. The third kappa shape index (κ3) is 3.99. The van der Waals surface area contributed by atoms with Gasteiger partial charge < -0.3 is 0 Å². The molecule has 0 aliphatic rings. The van der Waals surface area contributed by atoms with Crippen molar-refractivity contribution < 1.29 is 4.39 Å². The van der Waals surface area contributed by atoms with E-state index in [0.717, 1.165) is 10.0 Å². The number of H-pyrrole nitrogens is 1. The number of aromatic amines is 1. The number of hydrogen-bond donors (Lipinski definition) is 1. The molecule has 0 saturated carbocycles. The van der Waals surface area contributed by atoms with Gasteiger partial charge in [0.2, 0.25) is 4.77 Å². The fraction of sp³-hybridized carbons (Fsp3) is 0.211. The highest BCUT2D eigenvalue weighted by Crippen LogP contribution is 2.25. The van der Waals surface area contributed by atoms with Crippen molar-refractivity contribution in [1.82, 2.24) is 14.9 Å². The summed E-state index contributed by atoms with van der Waals surface area (Å²) in [6.07, 6.45) is 1.43. The smallest absolute Gasteiger partial charge is 0.216 e. The largest absolute Gasteiger partial charge is 0.250 e. The van der Waals surface area contributed by atoms with E-state index in [-0.39, 0.29) is 11.2 Å². The number of hydrogen-bond acceptors (Lipinski definition) is 3. The summed E-state index contributed by atoms with van der Waals surface area (Å²) in [5.41, 5.74) is 2.52. The topological polar surface area (TPSA) is 46.0 Å². The van der Waals surface area contributed by atoms with Crippen LogP contribution in [0.1, 0.15) is 31.9 Å². The number of nitrogens with one attached hydrogen (secondary N) is 1. The van der Waals surface area contributed by atoms with Crippen LogP contribution in [0.25, 0.3) is 11.4 Å². The molecule has 1 N–H and O–H groups in total. The second-order valence-electron chi connectivity index (χ2n) is 6.90. The van der Waals surface area contributed by atoms with E-state index in [1.54, 1.807) is 12.1 Å². The van der Waals surface area contributed by atoms with Crippen molar-refractivity contribution in [3.63, 3.8) is 0 Å². The van der Waals surface area contributed by atoms with Gasteiger partial charge in [0.05, 0.1) is 6.21 Å². The van der Waals surface area contributed by atoms with Crippen LogP contribution in [0, 0.1) is 10.6 Å². The SMILES string of the molecule is CC(C)(C)c1ccc(-c2n[nH]c(=S)n2/N=C/c2cc(Br)ccc2F)cc1. The molecular formula is C19H18BrFN4S. The van der Waals surface area contributed by atoms with Gasteiger partial charge in [0.1, 0.15) is 5.82 Å². The summed E-state index contributed by atoms with van der Waals surface area (Å²) < 4.78 is 16.5. The van der Waals surface area contributed by atoms with Crippen LogP contribution in [0.3, 0.4) is 0 Å². The molecule has 3 rings (SSSR count). The van der Waals surface area contributed by atoms with Gasteiger partial charge in [0, 0.05) is 15.6 Å². The van der Waals surface area contributed by atoms with E-state index in [1.165, 1.54) is 22.5 Å². The maximum absolute atomic E-state index is 13.9. The molecule has 0 unspecified atom stereocenters.